The van der Waals surface area contributed by atoms with Crippen molar-refractivity contribution >= 4 is 16.9 Å². The fraction of sp³-hybridized carbons (Fsp3) is 0.214. The second-order valence-corrected chi connectivity index (χ2v) is 4.28. The number of aromatic nitrogens is 4. The highest BCUT2D eigenvalue weighted by Gasteiger charge is 2.06. The van der Waals surface area contributed by atoms with Crippen LogP contribution >= 0.6 is 0 Å². The van der Waals surface area contributed by atoms with Crippen molar-refractivity contribution in [3.63, 3.8) is 0 Å². The molecule has 0 atom stereocenters. The number of fused-ring (bicyclic) bond motifs is 1. The van der Waals surface area contributed by atoms with Crippen LogP contribution in [-0.4, -0.2) is 26.3 Å². The summed E-state index contributed by atoms with van der Waals surface area (Å²) >= 11 is 0. The van der Waals surface area contributed by atoms with Gasteiger partial charge < -0.3 is 5.32 Å². The minimum Gasteiger partial charge on any atom is -0.354 e. The highest BCUT2D eigenvalue weighted by molar-refractivity contribution is 5.79. The molecule has 1 N–H and O–H groups in total. The number of rotatable bonds is 4. The largest absolute Gasteiger partial charge is 0.354 e. The molecule has 3 rings (SSSR count). The van der Waals surface area contributed by atoms with Crippen LogP contribution in [-0.2, 0) is 0 Å². The van der Waals surface area contributed by atoms with Gasteiger partial charge in [0.15, 0.2) is 5.82 Å². The van der Waals surface area contributed by atoms with Crippen LogP contribution in [0.2, 0.25) is 0 Å². The van der Waals surface area contributed by atoms with Gasteiger partial charge in [0, 0.05) is 24.2 Å². The Hall–Kier alpha value is -2.43. The molecular weight excluding hydrogens is 238 g/mol. The molecule has 5 heteroatoms. The lowest BCUT2D eigenvalue weighted by Gasteiger charge is -2.06. The van der Waals surface area contributed by atoms with Crippen molar-refractivity contribution in [2.75, 3.05) is 11.9 Å². The van der Waals surface area contributed by atoms with Crippen molar-refractivity contribution in [2.45, 2.75) is 13.3 Å². The molecule has 0 aliphatic heterocycles. The maximum absolute atomic E-state index is 4.48. The number of para-hydroxylation sites is 1. The molecule has 0 aliphatic carbocycles. The zero-order valence-corrected chi connectivity index (χ0v) is 10.7. The van der Waals surface area contributed by atoms with Gasteiger partial charge in [0.1, 0.15) is 0 Å². The van der Waals surface area contributed by atoms with Crippen LogP contribution in [0.4, 0.5) is 5.95 Å². The summed E-state index contributed by atoms with van der Waals surface area (Å²) in [6.45, 7) is 2.97. The van der Waals surface area contributed by atoms with E-state index in [4.69, 9.17) is 0 Å². The molecule has 5 nitrogen and oxygen atoms in total. The highest BCUT2D eigenvalue weighted by Crippen LogP contribution is 2.16. The van der Waals surface area contributed by atoms with Gasteiger partial charge in [-0.05, 0) is 12.5 Å². The summed E-state index contributed by atoms with van der Waals surface area (Å²) in [5.74, 6) is 1.41. The van der Waals surface area contributed by atoms with Crippen LogP contribution < -0.4 is 5.32 Å². The second kappa shape index (κ2) is 5.06. The SMILES string of the molecule is CCCNc1nccc(-n2ncc3ccccc32)n1. The van der Waals surface area contributed by atoms with Crippen molar-refractivity contribution < 1.29 is 0 Å². The highest BCUT2D eigenvalue weighted by atomic mass is 15.3. The number of hydrogen-bond donors (Lipinski definition) is 1. The smallest absolute Gasteiger partial charge is 0.224 e. The topological polar surface area (TPSA) is 55.6 Å². The number of benzene rings is 1. The third-order valence-electron chi connectivity index (χ3n) is 2.87. The number of anilines is 1. The minimum absolute atomic E-state index is 0.638. The van der Waals surface area contributed by atoms with Gasteiger partial charge in [0.2, 0.25) is 5.95 Å². The van der Waals surface area contributed by atoms with E-state index in [0.29, 0.717) is 5.95 Å². The van der Waals surface area contributed by atoms with Crippen LogP contribution in [0.1, 0.15) is 13.3 Å². The van der Waals surface area contributed by atoms with Crippen molar-refractivity contribution in [3.05, 3.63) is 42.7 Å². The molecule has 0 aliphatic rings. The summed E-state index contributed by atoms with van der Waals surface area (Å²) in [4.78, 5) is 8.68. The second-order valence-electron chi connectivity index (χ2n) is 4.28. The van der Waals surface area contributed by atoms with Crippen LogP contribution in [0.5, 0.6) is 0 Å². The molecule has 0 fully saturated rings. The molecule has 19 heavy (non-hydrogen) atoms. The first-order valence-corrected chi connectivity index (χ1v) is 6.38. The lowest BCUT2D eigenvalue weighted by atomic mass is 10.2. The van der Waals surface area contributed by atoms with Crippen molar-refractivity contribution in [2.24, 2.45) is 0 Å². The van der Waals surface area contributed by atoms with Gasteiger partial charge >= 0.3 is 0 Å². The quantitative estimate of drug-likeness (QED) is 0.776. The van der Waals surface area contributed by atoms with Gasteiger partial charge in [-0.3, -0.25) is 0 Å². The first-order valence-electron chi connectivity index (χ1n) is 6.38. The summed E-state index contributed by atoms with van der Waals surface area (Å²) in [6, 6.07) is 9.93. The van der Waals surface area contributed by atoms with E-state index in [1.54, 1.807) is 6.20 Å². The van der Waals surface area contributed by atoms with Crippen molar-refractivity contribution in [1.82, 2.24) is 19.7 Å². The molecule has 0 unspecified atom stereocenters. The van der Waals surface area contributed by atoms with E-state index in [1.807, 2.05) is 41.2 Å². The molecule has 96 valence electrons. The maximum Gasteiger partial charge on any atom is 0.224 e. The number of hydrogen-bond acceptors (Lipinski definition) is 4. The van der Waals surface area contributed by atoms with Gasteiger partial charge in [-0.15, -0.1) is 0 Å². The van der Waals surface area contributed by atoms with Gasteiger partial charge in [-0.1, -0.05) is 25.1 Å². The molecule has 2 heterocycles. The third-order valence-corrected chi connectivity index (χ3v) is 2.87. The fourth-order valence-corrected chi connectivity index (χ4v) is 1.94. The Balaban J connectivity index is 2.01. The van der Waals surface area contributed by atoms with E-state index in [9.17, 15) is 0 Å². The normalized spacial score (nSPS) is 10.8. The number of nitrogens with zero attached hydrogens (tertiary/aromatic N) is 4. The fourth-order valence-electron chi connectivity index (χ4n) is 1.94. The molecule has 0 saturated heterocycles. The van der Waals surface area contributed by atoms with Gasteiger partial charge in [-0.2, -0.15) is 10.1 Å². The first kappa shape index (κ1) is 11.6. The Labute approximate surface area is 111 Å². The monoisotopic (exact) mass is 253 g/mol. The van der Waals surface area contributed by atoms with E-state index in [2.05, 4.69) is 27.3 Å². The summed E-state index contributed by atoms with van der Waals surface area (Å²) in [7, 11) is 0. The molecule has 1 aromatic carbocycles. The predicted molar refractivity (Wildman–Crippen MR) is 75.4 cm³/mol. The zero-order valence-electron chi connectivity index (χ0n) is 10.7. The van der Waals surface area contributed by atoms with E-state index in [-0.39, 0.29) is 0 Å². The molecule has 0 bridgehead atoms. The summed E-state index contributed by atoms with van der Waals surface area (Å²) in [5, 5.41) is 8.67. The zero-order chi connectivity index (χ0) is 13.1. The van der Waals surface area contributed by atoms with Crippen LogP contribution in [0.25, 0.3) is 16.7 Å². The molecule has 3 aromatic rings. The standard InChI is InChI=1S/C14H15N5/c1-2-8-15-14-16-9-7-13(18-14)19-12-6-4-3-5-11(12)10-17-19/h3-7,9-10H,2,8H2,1H3,(H,15,16,18). The molecular formula is C14H15N5. The molecule has 0 saturated carbocycles. The first-order chi connectivity index (χ1) is 9.38. The van der Waals surface area contributed by atoms with Gasteiger partial charge in [0.25, 0.3) is 0 Å². The Morgan fingerprint density at radius 1 is 1.21 bits per heavy atom. The summed E-state index contributed by atoms with van der Waals surface area (Å²) in [6.07, 6.45) is 4.63. The Bertz CT molecular complexity index is 689. The third kappa shape index (κ3) is 2.27. The van der Waals surface area contributed by atoms with Crippen LogP contribution in [0.15, 0.2) is 42.7 Å². The minimum atomic E-state index is 0.638. The molecule has 0 amide bonds. The lowest BCUT2D eigenvalue weighted by Crippen LogP contribution is -2.07. The Kier molecular flexibility index (Phi) is 3.10. The molecule has 2 aromatic heterocycles. The van der Waals surface area contributed by atoms with E-state index in [1.165, 1.54) is 0 Å². The lowest BCUT2D eigenvalue weighted by molar-refractivity contribution is 0.860. The van der Waals surface area contributed by atoms with Crippen LogP contribution in [0.3, 0.4) is 0 Å². The maximum atomic E-state index is 4.48. The summed E-state index contributed by atoms with van der Waals surface area (Å²) in [5.41, 5.74) is 1.04. The van der Waals surface area contributed by atoms with Crippen molar-refractivity contribution in [1.29, 1.82) is 0 Å². The van der Waals surface area contributed by atoms with Crippen LogP contribution in [0, 0.1) is 0 Å². The molecule has 0 spiro atoms. The summed E-state index contributed by atoms with van der Waals surface area (Å²) < 4.78 is 1.83. The Morgan fingerprint density at radius 3 is 3.00 bits per heavy atom. The van der Waals surface area contributed by atoms with E-state index in [0.717, 1.165) is 29.7 Å². The van der Waals surface area contributed by atoms with Gasteiger partial charge in [0.05, 0.1) is 11.7 Å². The van der Waals surface area contributed by atoms with E-state index >= 15 is 0 Å². The predicted octanol–water partition coefficient (Wildman–Crippen LogP) is 2.64. The number of nitrogens with one attached hydrogen (secondary N) is 1. The average molecular weight is 253 g/mol. The van der Waals surface area contributed by atoms with E-state index < -0.39 is 0 Å². The Morgan fingerprint density at radius 2 is 2.11 bits per heavy atom. The van der Waals surface area contributed by atoms with Gasteiger partial charge in [-0.25, -0.2) is 9.67 Å². The molecule has 0 radical (unpaired) electrons. The average Bonchev–Trinajstić information content (AvgIpc) is 2.89. The van der Waals surface area contributed by atoms with Crippen molar-refractivity contribution in [3.8, 4) is 5.82 Å².